The first-order chi connectivity index (χ1) is 9.67. The SMILES string of the molecule is CC(C)c1c(NN)ncnc1N1CCN(CCO)CC1. The molecule has 2 heterocycles. The smallest absolute Gasteiger partial charge is 0.148 e. The molecule has 1 aromatic heterocycles. The van der Waals surface area contributed by atoms with Crippen LogP contribution in [0.1, 0.15) is 25.3 Å². The van der Waals surface area contributed by atoms with Crippen molar-refractivity contribution >= 4 is 11.6 Å². The summed E-state index contributed by atoms with van der Waals surface area (Å²) in [4.78, 5) is 13.2. The largest absolute Gasteiger partial charge is 0.395 e. The number of hydrazine groups is 1. The van der Waals surface area contributed by atoms with Gasteiger partial charge in [0.05, 0.1) is 6.61 Å². The van der Waals surface area contributed by atoms with Crippen LogP contribution in [0.15, 0.2) is 6.33 Å². The van der Waals surface area contributed by atoms with Crippen molar-refractivity contribution in [3.05, 3.63) is 11.9 Å². The monoisotopic (exact) mass is 280 g/mol. The van der Waals surface area contributed by atoms with E-state index in [0.717, 1.165) is 44.1 Å². The summed E-state index contributed by atoms with van der Waals surface area (Å²) in [5, 5.41) is 8.99. The molecule has 2 rings (SSSR count). The molecule has 0 bridgehead atoms. The van der Waals surface area contributed by atoms with Crippen LogP contribution in [0.3, 0.4) is 0 Å². The van der Waals surface area contributed by atoms with E-state index in [1.54, 1.807) is 6.33 Å². The minimum absolute atomic E-state index is 0.214. The number of piperazine rings is 1. The number of aliphatic hydroxyl groups excluding tert-OH is 1. The zero-order valence-corrected chi connectivity index (χ0v) is 12.2. The summed E-state index contributed by atoms with van der Waals surface area (Å²) in [6.45, 7) is 8.87. The second-order valence-corrected chi connectivity index (χ2v) is 5.31. The van der Waals surface area contributed by atoms with Gasteiger partial charge in [-0.25, -0.2) is 15.8 Å². The average Bonchev–Trinajstić information content (AvgIpc) is 2.47. The highest BCUT2D eigenvalue weighted by atomic mass is 16.3. The Hall–Kier alpha value is -1.44. The maximum Gasteiger partial charge on any atom is 0.148 e. The van der Waals surface area contributed by atoms with Crippen molar-refractivity contribution in [2.45, 2.75) is 19.8 Å². The van der Waals surface area contributed by atoms with Crippen LogP contribution in [0.5, 0.6) is 0 Å². The molecule has 1 fully saturated rings. The fourth-order valence-corrected chi connectivity index (χ4v) is 2.61. The van der Waals surface area contributed by atoms with E-state index in [1.807, 2.05) is 0 Å². The number of aliphatic hydroxyl groups is 1. The fraction of sp³-hybridized carbons (Fsp3) is 0.692. The van der Waals surface area contributed by atoms with Gasteiger partial charge in [0.1, 0.15) is 18.0 Å². The third kappa shape index (κ3) is 3.17. The van der Waals surface area contributed by atoms with Gasteiger partial charge in [-0.2, -0.15) is 0 Å². The summed E-state index contributed by atoms with van der Waals surface area (Å²) < 4.78 is 0. The minimum atomic E-state index is 0.214. The van der Waals surface area contributed by atoms with Crippen LogP contribution in [0, 0.1) is 0 Å². The Balaban J connectivity index is 2.17. The van der Waals surface area contributed by atoms with Crippen LogP contribution >= 0.6 is 0 Å². The molecule has 1 saturated heterocycles. The number of nitrogens with two attached hydrogens (primary N) is 1. The summed E-state index contributed by atoms with van der Waals surface area (Å²) in [5.74, 6) is 7.51. The van der Waals surface area contributed by atoms with Gasteiger partial charge < -0.3 is 15.4 Å². The average molecular weight is 280 g/mol. The second-order valence-electron chi connectivity index (χ2n) is 5.31. The van der Waals surface area contributed by atoms with Gasteiger partial charge in [0.2, 0.25) is 0 Å². The van der Waals surface area contributed by atoms with Gasteiger partial charge in [-0.15, -0.1) is 0 Å². The van der Waals surface area contributed by atoms with E-state index in [0.29, 0.717) is 11.7 Å². The molecule has 7 nitrogen and oxygen atoms in total. The Morgan fingerprint density at radius 3 is 2.55 bits per heavy atom. The third-order valence-corrected chi connectivity index (χ3v) is 3.66. The molecule has 112 valence electrons. The van der Waals surface area contributed by atoms with Crippen molar-refractivity contribution in [3.8, 4) is 0 Å². The first-order valence-corrected chi connectivity index (χ1v) is 7.07. The number of nitrogens with zero attached hydrogens (tertiary/aromatic N) is 4. The van der Waals surface area contributed by atoms with E-state index < -0.39 is 0 Å². The summed E-state index contributed by atoms with van der Waals surface area (Å²) in [5.41, 5.74) is 3.72. The number of anilines is 2. The molecular formula is C13H24N6O. The van der Waals surface area contributed by atoms with Crippen molar-refractivity contribution in [2.75, 3.05) is 49.7 Å². The number of hydrogen-bond acceptors (Lipinski definition) is 7. The maximum atomic E-state index is 8.99. The zero-order valence-electron chi connectivity index (χ0n) is 12.2. The molecule has 0 aliphatic carbocycles. The van der Waals surface area contributed by atoms with E-state index in [-0.39, 0.29) is 6.61 Å². The van der Waals surface area contributed by atoms with E-state index in [1.165, 1.54) is 0 Å². The molecular weight excluding hydrogens is 256 g/mol. The van der Waals surface area contributed by atoms with Gasteiger partial charge in [0.25, 0.3) is 0 Å². The Morgan fingerprint density at radius 2 is 2.00 bits per heavy atom. The molecule has 1 aliphatic rings. The van der Waals surface area contributed by atoms with Gasteiger partial charge in [-0.1, -0.05) is 13.8 Å². The van der Waals surface area contributed by atoms with Gasteiger partial charge in [0.15, 0.2) is 0 Å². The lowest BCUT2D eigenvalue weighted by atomic mass is 10.0. The minimum Gasteiger partial charge on any atom is -0.395 e. The van der Waals surface area contributed by atoms with Crippen molar-refractivity contribution in [2.24, 2.45) is 5.84 Å². The molecule has 7 heteroatoms. The summed E-state index contributed by atoms with van der Waals surface area (Å²) in [7, 11) is 0. The number of nitrogens with one attached hydrogen (secondary N) is 1. The highest BCUT2D eigenvalue weighted by Gasteiger charge is 2.23. The van der Waals surface area contributed by atoms with E-state index >= 15 is 0 Å². The quantitative estimate of drug-likeness (QED) is 0.516. The number of hydrogen-bond donors (Lipinski definition) is 3. The van der Waals surface area contributed by atoms with Gasteiger partial charge in [-0.05, 0) is 5.92 Å². The van der Waals surface area contributed by atoms with E-state index in [4.69, 9.17) is 10.9 Å². The second kappa shape index (κ2) is 6.83. The standard InChI is InChI=1S/C13H24N6O/c1-10(2)11-12(17-14)15-9-16-13(11)19-5-3-18(4-6-19)7-8-20/h9-10,20H,3-8,14H2,1-2H3,(H,15,16,17). The van der Waals surface area contributed by atoms with Gasteiger partial charge >= 0.3 is 0 Å². The van der Waals surface area contributed by atoms with Crippen molar-refractivity contribution in [1.29, 1.82) is 0 Å². The Morgan fingerprint density at radius 1 is 1.30 bits per heavy atom. The number of rotatable bonds is 5. The molecule has 0 saturated carbocycles. The van der Waals surface area contributed by atoms with Gasteiger partial charge in [0, 0.05) is 38.3 Å². The molecule has 20 heavy (non-hydrogen) atoms. The highest BCUT2D eigenvalue weighted by Crippen LogP contribution is 2.30. The highest BCUT2D eigenvalue weighted by molar-refractivity contribution is 5.60. The van der Waals surface area contributed by atoms with Crippen molar-refractivity contribution in [1.82, 2.24) is 14.9 Å². The van der Waals surface area contributed by atoms with Gasteiger partial charge in [-0.3, -0.25) is 4.90 Å². The molecule has 0 aromatic carbocycles. The lowest BCUT2D eigenvalue weighted by molar-refractivity contribution is 0.188. The molecule has 1 aromatic rings. The number of aromatic nitrogens is 2. The molecule has 0 radical (unpaired) electrons. The van der Waals surface area contributed by atoms with E-state index in [9.17, 15) is 0 Å². The van der Waals surface area contributed by atoms with Crippen LogP contribution in [0.25, 0.3) is 0 Å². The first-order valence-electron chi connectivity index (χ1n) is 7.07. The Kier molecular flexibility index (Phi) is 5.11. The summed E-state index contributed by atoms with van der Waals surface area (Å²) in [6.07, 6.45) is 1.55. The number of nitrogen functional groups attached to an aromatic ring is 1. The molecule has 4 N–H and O–H groups in total. The van der Waals surface area contributed by atoms with Crippen LogP contribution in [0.2, 0.25) is 0 Å². The summed E-state index contributed by atoms with van der Waals surface area (Å²) in [6, 6.07) is 0. The molecule has 1 aliphatic heterocycles. The van der Waals surface area contributed by atoms with Crippen molar-refractivity contribution < 1.29 is 5.11 Å². The van der Waals surface area contributed by atoms with Crippen molar-refractivity contribution in [3.63, 3.8) is 0 Å². The molecule has 0 atom stereocenters. The summed E-state index contributed by atoms with van der Waals surface area (Å²) >= 11 is 0. The zero-order chi connectivity index (χ0) is 14.5. The molecule has 0 amide bonds. The normalized spacial score (nSPS) is 16.8. The molecule has 0 unspecified atom stereocenters. The van der Waals surface area contributed by atoms with Crippen LogP contribution in [0.4, 0.5) is 11.6 Å². The Bertz CT molecular complexity index is 431. The topological polar surface area (TPSA) is 90.5 Å². The predicted octanol–water partition coefficient (Wildman–Crippen LogP) is -0.0001000. The first kappa shape index (κ1) is 15.0. The lowest BCUT2D eigenvalue weighted by Crippen LogP contribution is -2.47. The third-order valence-electron chi connectivity index (χ3n) is 3.66. The van der Waals surface area contributed by atoms with E-state index in [2.05, 4.69) is 39.0 Å². The number of β-amino-alcohol motifs (C(OH)–C–C–N with tert-alkyl or cyclic N) is 1. The maximum absolute atomic E-state index is 8.99. The lowest BCUT2D eigenvalue weighted by Gasteiger charge is -2.36. The van der Waals surface area contributed by atoms with Crippen LogP contribution in [-0.2, 0) is 0 Å². The molecule has 0 spiro atoms. The van der Waals surface area contributed by atoms with Crippen LogP contribution in [-0.4, -0.2) is 59.3 Å². The van der Waals surface area contributed by atoms with Crippen LogP contribution < -0.4 is 16.2 Å². The Labute approximate surface area is 119 Å². The fourth-order valence-electron chi connectivity index (χ4n) is 2.61. The predicted molar refractivity (Wildman–Crippen MR) is 79.7 cm³/mol.